The van der Waals surface area contributed by atoms with E-state index in [1.165, 1.54) is 19.3 Å². The van der Waals surface area contributed by atoms with Gasteiger partial charge in [-0.1, -0.05) is 62.6 Å². The summed E-state index contributed by atoms with van der Waals surface area (Å²) in [5.74, 6) is 0.694. The molecular formula is C23H25NO2. The van der Waals surface area contributed by atoms with Crippen LogP contribution in [0.1, 0.15) is 43.0 Å². The van der Waals surface area contributed by atoms with Gasteiger partial charge >= 0.3 is 0 Å². The van der Waals surface area contributed by atoms with Crippen molar-refractivity contribution in [2.75, 3.05) is 11.9 Å². The molecule has 3 aromatic rings. The number of unbranched alkanes of at least 4 members (excludes halogenated alkanes) is 3. The fourth-order valence-corrected chi connectivity index (χ4v) is 2.95. The van der Waals surface area contributed by atoms with Crippen LogP contribution in [-0.4, -0.2) is 12.5 Å². The summed E-state index contributed by atoms with van der Waals surface area (Å²) in [6.45, 7) is 2.92. The molecule has 3 nitrogen and oxygen atoms in total. The summed E-state index contributed by atoms with van der Waals surface area (Å²) in [5, 5.41) is 5.15. The van der Waals surface area contributed by atoms with Crippen LogP contribution in [-0.2, 0) is 0 Å². The van der Waals surface area contributed by atoms with E-state index in [4.69, 9.17) is 4.74 Å². The molecule has 0 saturated carbocycles. The SMILES string of the molecule is CCCCCCOc1ccc(C(=O)Nc2cccc3ccccc23)cc1. The van der Waals surface area contributed by atoms with Gasteiger partial charge in [-0.2, -0.15) is 0 Å². The molecule has 0 heterocycles. The number of rotatable bonds is 8. The summed E-state index contributed by atoms with van der Waals surface area (Å²) in [7, 11) is 0. The first-order chi connectivity index (χ1) is 12.8. The standard InChI is InChI=1S/C23H25NO2/c1-2-3-4-7-17-26-20-15-13-19(14-16-20)23(25)24-22-12-8-10-18-9-5-6-11-21(18)22/h5-6,8-16H,2-4,7,17H2,1H3,(H,24,25). The minimum absolute atomic E-state index is 0.115. The van der Waals surface area contributed by atoms with Crippen molar-refractivity contribution in [2.45, 2.75) is 32.6 Å². The summed E-state index contributed by atoms with van der Waals surface area (Å²) in [6, 6.07) is 21.3. The Morgan fingerprint density at radius 3 is 2.46 bits per heavy atom. The number of carbonyl (C=O) groups is 1. The smallest absolute Gasteiger partial charge is 0.255 e. The van der Waals surface area contributed by atoms with Crippen LogP contribution in [0.15, 0.2) is 66.7 Å². The number of hydrogen-bond acceptors (Lipinski definition) is 2. The first-order valence-corrected chi connectivity index (χ1v) is 9.30. The number of carbonyl (C=O) groups excluding carboxylic acids is 1. The van der Waals surface area contributed by atoms with Gasteiger partial charge in [-0.15, -0.1) is 0 Å². The van der Waals surface area contributed by atoms with Crippen molar-refractivity contribution in [1.29, 1.82) is 0 Å². The molecule has 0 bridgehead atoms. The Morgan fingerprint density at radius 1 is 0.885 bits per heavy atom. The van der Waals surface area contributed by atoms with Crippen LogP contribution >= 0.6 is 0 Å². The summed E-state index contributed by atoms with van der Waals surface area (Å²) in [5.41, 5.74) is 1.45. The number of ether oxygens (including phenoxy) is 1. The van der Waals surface area contributed by atoms with Gasteiger partial charge in [-0.25, -0.2) is 0 Å². The number of benzene rings is 3. The van der Waals surface area contributed by atoms with Crippen LogP contribution < -0.4 is 10.1 Å². The summed E-state index contributed by atoms with van der Waals surface area (Å²) < 4.78 is 5.73. The van der Waals surface area contributed by atoms with Crippen molar-refractivity contribution in [1.82, 2.24) is 0 Å². The Morgan fingerprint density at radius 2 is 1.65 bits per heavy atom. The number of fused-ring (bicyclic) bond motifs is 1. The Labute approximate surface area is 155 Å². The highest BCUT2D eigenvalue weighted by Gasteiger charge is 2.08. The molecule has 0 aliphatic heterocycles. The molecule has 3 rings (SSSR count). The lowest BCUT2D eigenvalue weighted by Gasteiger charge is -2.10. The molecule has 26 heavy (non-hydrogen) atoms. The molecule has 3 heteroatoms. The van der Waals surface area contributed by atoms with Gasteiger partial charge in [0.25, 0.3) is 5.91 Å². The van der Waals surface area contributed by atoms with E-state index in [0.29, 0.717) is 5.56 Å². The molecule has 0 radical (unpaired) electrons. The zero-order valence-electron chi connectivity index (χ0n) is 15.2. The van der Waals surface area contributed by atoms with Crippen molar-refractivity contribution in [3.05, 3.63) is 72.3 Å². The zero-order chi connectivity index (χ0) is 18.2. The van der Waals surface area contributed by atoms with Crippen LogP contribution in [0.3, 0.4) is 0 Å². The molecule has 0 atom stereocenters. The number of anilines is 1. The summed E-state index contributed by atoms with van der Waals surface area (Å²) in [4.78, 5) is 12.5. The average molecular weight is 347 g/mol. The van der Waals surface area contributed by atoms with E-state index in [0.717, 1.165) is 35.2 Å². The van der Waals surface area contributed by atoms with Crippen LogP contribution in [0, 0.1) is 0 Å². The second-order valence-electron chi connectivity index (χ2n) is 6.41. The lowest BCUT2D eigenvalue weighted by molar-refractivity contribution is 0.102. The Balaban J connectivity index is 1.61. The van der Waals surface area contributed by atoms with E-state index >= 15 is 0 Å². The quantitative estimate of drug-likeness (QED) is 0.504. The molecule has 3 aromatic carbocycles. The number of nitrogens with one attached hydrogen (secondary N) is 1. The van der Waals surface area contributed by atoms with E-state index in [1.54, 1.807) is 0 Å². The summed E-state index contributed by atoms with van der Waals surface area (Å²) in [6.07, 6.45) is 4.73. The van der Waals surface area contributed by atoms with Crippen LogP contribution in [0.4, 0.5) is 5.69 Å². The average Bonchev–Trinajstić information content (AvgIpc) is 2.68. The van der Waals surface area contributed by atoms with Crippen molar-refractivity contribution < 1.29 is 9.53 Å². The maximum Gasteiger partial charge on any atom is 0.255 e. The van der Waals surface area contributed by atoms with Crippen LogP contribution in [0.25, 0.3) is 10.8 Å². The van der Waals surface area contributed by atoms with Gasteiger partial charge in [0.1, 0.15) is 5.75 Å². The third kappa shape index (κ3) is 4.63. The van der Waals surface area contributed by atoms with Crippen molar-refractivity contribution in [3.63, 3.8) is 0 Å². The van der Waals surface area contributed by atoms with E-state index in [9.17, 15) is 4.79 Å². The molecule has 134 valence electrons. The molecular weight excluding hydrogens is 322 g/mol. The van der Waals surface area contributed by atoms with Gasteiger partial charge in [0.05, 0.1) is 6.61 Å². The van der Waals surface area contributed by atoms with E-state index in [-0.39, 0.29) is 5.91 Å². The van der Waals surface area contributed by atoms with Gasteiger partial charge in [0, 0.05) is 16.6 Å². The third-order valence-electron chi connectivity index (χ3n) is 4.42. The highest BCUT2D eigenvalue weighted by molar-refractivity contribution is 6.09. The van der Waals surface area contributed by atoms with E-state index in [1.807, 2.05) is 66.7 Å². The van der Waals surface area contributed by atoms with Crippen molar-refractivity contribution in [3.8, 4) is 5.75 Å². The molecule has 1 amide bonds. The van der Waals surface area contributed by atoms with Crippen LogP contribution in [0.5, 0.6) is 5.75 Å². The Kier molecular flexibility index (Phi) is 6.26. The number of amides is 1. The summed E-state index contributed by atoms with van der Waals surface area (Å²) >= 11 is 0. The molecule has 0 aliphatic rings. The second-order valence-corrected chi connectivity index (χ2v) is 6.41. The number of hydrogen-bond donors (Lipinski definition) is 1. The monoisotopic (exact) mass is 347 g/mol. The second kappa shape index (κ2) is 9.04. The lowest BCUT2D eigenvalue weighted by atomic mass is 10.1. The maximum atomic E-state index is 12.5. The minimum atomic E-state index is -0.115. The van der Waals surface area contributed by atoms with E-state index < -0.39 is 0 Å². The highest BCUT2D eigenvalue weighted by Crippen LogP contribution is 2.23. The molecule has 0 aromatic heterocycles. The van der Waals surface area contributed by atoms with Crippen LogP contribution in [0.2, 0.25) is 0 Å². The molecule has 0 unspecified atom stereocenters. The van der Waals surface area contributed by atoms with Crippen molar-refractivity contribution in [2.24, 2.45) is 0 Å². The normalized spacial score (nSPS) is 10.7. The molecule has 0 fully saturated rings. The maximum absolute atomic E-state index is 12.5. The molecule has 0 spiro atoms. The van der Waals surface area contributed by atoms with E-state index in [2.05, 4.69) is 12.2 Å². The largest absolute Gasteiger partial charge is 0.494 e. The zero-order valence-corrected chi connectivity index (χ0v) is 15.2. The predicted octanol–water partition coefficient (Wildman–Crippen LogP) is 6.05. The molecule has 1 N–H and O–H groups in total. The van der Waals surface area contributed by atoms with Gasteiger partial charge in [-0.05, 0) is 42.1 Å². The Bertz CT molecular complexity index is 850. The van der Waals surface area contributed by atoms with Crippen molar-refractivity contribution >= 4 is 22.4 Å². The van der Waals surface area contributed by atoms with Gasteiger partial charge in [0.2, 0.25) is 0 Å². The topological polar surface area (TPSA) is 38.3 Å². The van der Waals surface area contributed by atoms with Gasteiger partial charge in [-0.3, -0.25) is 4.79 Å². The fourth-order valence-electron chi connectivity index (χ4n) is 2.95. The Hall–Kier alpha value is -2.81. The lowest BCUT2D eigenvalue weighted by Crippen LogP contribution is -2.12. The fraction of sp³-hybridized carbons (Fsp3) is 0.261. The first kappa shape index (κ1) is 18.0. The van der Waals surface area contributed by atoms with Gasteiger partial charge < -0.3 is 10.1 Å². The molecule has 0 aliphatic carbocycles. The minimum Gasteiger partial charge on any atom is -0.494 e. The molecule has 0 saturated heterocycles. The first-order valence-electron chi connectivity index (χ1n) is 9.30. The highest BCUT2D eigenvalue weighted by atomic mass is 16.5. The predicted molar refractivity (Wildman–Crippen MR) is 108 cm³/mol. The third-order valence-corrected chi connectivity index (χ3v) is 4.42. The van der Waals surface area contributed by atoms with Gasteiger partial charge in [0.15, 0.2) is 0 Å².